The van der Waals surface area contributed by atoms with Gasteiger partial charge in [0, 0.05) is 41.2 Å². The molecule has 1 aliphatic heterocycles. The van der Waals surface area contributed by atoms with E-state index in [1.165, 1.54) is 6.20 Å². The standard InChI is InChI=1S/C27H22N8O4/c36-25(18-1-7-21(8-2-18)29-27(38)24-17-28-33-31-24)19-3-9-22(10-4-19)30-34-32-26(37)20-5-11-23(12-6-20)35-13-15-39-16-14-35/h1-12,17H,13-16H2,(H-,28,29,30,31,32,33,36,37,38)/p+1. The van der Waals surface area contributed by atoms with Gasteiger partial charge in [-0.05, 0) is 72.8 Å². The number of hydrogen-bond acceptors (Lipinski definition) is 8. The second kappa shape index (κ2) is 11.8. The Labute approximate surface area is 222 Å². The van der Waals surface area contributed by atoms with Gasteiger partial charge in [-0.15, -0.1) is 5.10 Å². The largest absolute Gasteiger partial charge is 0.378 e. The van der Waals surface area contributed by atoms with Crippen molar-refractivity contribution in [1.82, 2.24) is 20.3 Å². The molecular weight excluding hydrogens is 500 g/mol. The fourth-order valence-corrected chi connectivity index (χ4v) is 3.87. The molecule has 0 aliphatic carbocycles. The molecule has 5 rings (SSSR count). The number of carbonyl (C=O) groups excluding carboxylic acids is 3. The van der Waals surface area contributed by atoms with Crippen molar-refractivity contribution in [2.75, 3.05) is 36.5 Å². The smallest absolute Gasteiger partial charge is 0.360 e. The first-order valence-electron chi connectivity index (χ1n) is 12.1. The molecule has 2 heterocycles. The number of aromatic amines is 1. The van der Waals surface area contributed by atoms with Crippen molar-refractivity contribution in [1.29, 1.82) is 0 Å². The molecule has 4 aromatic rings. The highest BCUT2D eigenvalue weighted by Crippen LogP contribution is 2.19. The number of nitrogens with one attached hydrogen (secondary N) is 2. The minimum atomic E-state index is -0.500. The van der Waals surface area contributed by atoms with Crippen molar-refractivity contribution in [2.45, 2.75) is 0 Å². The summed E-state index contributed by atoms with van der Waals surface area (Å²) in [5, 5.41) is 19.9. The van der Waals surface area contributed by atoms with Gasteiger partial charge in [-0.25, -0.2) is 0 Å². The average molecular weight is 524 g/mol. The van der Waals surface area contributed by atoms with E-state index in [2.05, 4.69) is 40.8 Å². The van der Waals surface area contributed by atoms with E-state index >= 15 is 0 Å². The maximum absolute atomic E-state index is 12.8. The highest BCUT2D eigenvalue weighted by Gasteiger charge is 2.15. The van der Waals surface area contributed by atoms with E-state index in [9.17, 15) is 14.4 Å². The summed E-state index contributed by atoms with van der Waals surface area (Å²) in [5.74, 6) is -1.12. The number of rotatable bonds is 7. The number of ketones is 1. The lowest BCUT2D eigenvalue weighted by atomic mass is 10.0. The molecule has 39 heavy (non-hydrogen) atoms. The zero-order chi connectivity index (χ0) is 27.0. The van der Waals surface area contributed by atoms with Crippen LogP contribution in [0.15, 0.2) is 89.2 Å². The highest BCUT2D eigenvalue weighted by molar-refractivity contribution is 6.09. The van der Waals surface area contributed by atoms with Gasteiger partial charge in [0.1, 0.15) is 0 Å². The summed E-state index contributed by atoms with van der Waals surface area (Å²) in [5.41, 5.74) is 3.44. The molecule has 0 bridgehead atoms. The van der Waals surface area contributed by atoms with Crippen molar-refractivity contribution in [3.05, 3.63) is 101 Å². The first-order valence-corrected chi connectivity index (χ1v) is 12.1. The Morgan fingerprint density at radius 3 is 2.15 bits per heavy atom. The van der Waals surface area contributed by atoms with Gasteiger partial charge >= 0.3 is 5.91 Å². The maximum atomic E-state index is 12.8. The molecule has 1 saturated heterocycles. The SMILES string of the molecule is O=C(N=[N+]=Nc1ccc(C(=O)c2ccc(NC(=O)c3c[nH]nn3)cc2)cc1)c1ccc(N2CCOCC2)cc1. The summed E-state index contributed by atoms with van der Waals surface area (Å²) in [6.45, 7) is 3.00. The van der Waals surface area contributed by atoms with Crippen LogP contribution in [0.1, 0.15) is 36.8 Å². The van der Waals surface area contributed by atoms with Gasteiger partial charge in [-0.2, -0.15) is 0 Å². The Kier molecular flexibility index (Phi) is 7.68. The number of amides is 2. The van der Waals surface area contributed by atoms with E-state index in [-0.39, 0.29) is 11.5 Å². The van der Waals surface area contributed by atoms with Crippen LogP contribution in [0.2, 0.25) is 0 Å². The number of hydrogen-bond donors (Lipinski definition) is 2. The fraction of sp³-hybridized carbons (Fsp3) is 0.148. The van der Waals surface area contributed by atoms with Crippen molar-refractivity contribution in [3.8, 4) is 0 Å². The molecule has 1 fully saturated rings. The Morgan fingerprint density at radius 1 is 0.872 bits per heavy atom. The van der Waals surface area contributed by atoms with Crippen LogP contribution in [0.3, 0.4) is 0 Å². The number of anilines is 2. The molecule has 194 valence electrons. The summed E-state index contributed by atoms with van der Waals surface area (Å²) < 4.78 is 5.36. The van der Waals surface area contributed by atoms with Gasteiger partial charge < -0.3 is 15.0 Å². The van der Waals surface area contributed by atoms with Crippen molar-refractivity contribution in [2.24, 2.45) is 10.2 Å². The number of benzene rings is 3. The second-order valence-corrected chi connectivity index (χ2v) is 8.51. The number of aromatic nitrogens is 3. The molecule has 12 heteroatoms. The Morgan fingerprint density at radius 2 is 1.51 bits per heavy atom. The van der Waals surface area contributed by atoms with Crippen LogP contribution in [0, 0.1) is 0 Å². The molecule has 2 N–H and O–H groups in total. The molecular formula is C27H23N8O4+. The van der Waals surface area contributed by atoms with Crippen LogP contribution in [-0.2, 0) is 4.74 Å². The predicted octanol–water partition coefficient (Wildman–Crippen LogP) is 3.57. The van der Waals surface area contributed by atoms with Crippen LogP contribution >= 0.6 is 0 Å². The van der Waals surface area contributed by atoms with Crippen molar-refractivity contribution < 1.29 is 19.1 Å². The molecule has 3 aromatic carbocycles. The third kappa shape index (κ3) is 6.34. The van der Waals surface area contributed by atoms with Crippen molar-refractivity contribution >= 4 is 34.7 Å². The Bertz CT molecular complexity index is 1520. The van der Waals surface area contributed by atoms with E-state index in [4.69, 9.17) is 4.74 Å². The molecule has 0 saturated carbocycles. The molecule has 0 radical (unpaired) electrons. The summed E-state index contributed by atoms with van der Waals surface area (Å²) in [4.78, 5) is 43.1. The van der Waals surface area contributed by atoms with Gasteiger partial charge in [0.05, 0.1) is 19.4 Å². The number of carbonyl (C=O) groups is 3. The highest BCUT2D eigenvalue weighted by atomic mass is 16.5. The summed E-state index contributed by atoms with van der Waals surface area (Å²) in [7, 11) is 0. The van der Waals surface area contributed by atoms with Crippen LogP contribution in [0.4, 0.5) is 17.1 Å². The molecule has 0 unspecified atom stereocenters. The van der Waals surface area contributed by atoms with Gasteiger partial charge in [0.2, 0.25) is 10.0 Å². The monoisotopic (exact) mass is 523 g/mol. The number of morpholine rings is 1. The fourth-order valence-electron chi connectivity index (χ4n) is 3.87. The van der Waals surface area contributed by atoms with E-state index < -0.39 is 11.8 Å². The van der Waals surface area contributed by atoms with E-state index in [0.717, 1.165) is 18.8 Å². The normalized spacial score (nSPS) is 12.8. The van der Waals surface area contributed by atoms with Gasteiger partial charge in [-0.3, -0.25) is 19.5 Å². The minimum Gasteiger partial charge on any atom is -0.378 e. The molecule has 2 amide bonds. The first-order chi connectivity index (χ1) is 19.1. The van der Waals surface area contributed by atoms with Crippen LogP contribution in [0.5, 0.6) is 0 Å². The first kappa shape index (κ1) is 25.3. The number of nitrogens with zero attached hydrogens (tertiary/aromatic N) is 6. The van der Waals surface area contributed by atoms with E-state index in [1.54, 1.807) is 60.7 Å². The third-order valence-electron chi connectivity index (χ3n) is 5.97. The van der Waals surface area contributed by atoms with Crippen molar-refractivity contribution in [3.63, 3.8) is 0 Å². The zero-order valence-electron chi connectivity index (χ0n) is 20.7. The van der Waals surface area contributed by atoms with Gasteiger partial charge in [0.25, 0.3) is 5.91 Å². The van der Waals surface area contributed by atoms with E-state index in [1.807, 2.05) is 12.1 Å². The molecule has 12 nitrogen and oxygen atoms in total. The van der Waals surface area contributed by atoms with Gasteiger partial charge in [0.15, 0.2) is 22.3 Å². The summed E-state index contributed by atoms with van der Waals surface area (Å²) in [6, 6.07) is 20.1. The van der Waals surface area contributed by atoms with Gasteiger partial charge in [-0.1, -0.05) is 5.21 Å². The predicted molar refractivity (Wildman–Crippen MR) is 141 cm³/mol. The summed E-state index contributed by atoms with van der Waals surface area (Å²) >= 11 is 0. The van der Waals surface area contributed by atoms with Crippen LogP contribution in [-0.4, -0.2) is 59.3 Å². The average Bonchev–Trinajstić information content (AvgIpc) is 3.54. The lowest BCUT2D eigenvalue weighted by molar-refractivity contribution is 0.0989. The Balaban J connectivity index is 1.17. The molecule has 0 spiro atoms. The lowest BCUT2D eigenvalue weighted by Gasteiger charge is -2.28. The lowest BCUT2D eigenvalue weighted by Crippen LogP contribution is -2.36. The zero-order valence-corrected chi connectivity index (χ0v) is 20.7. The second-order valence-electron chi connectivity index (χ2n) is 8.51. The molecule has 0 atom stereocenters. The number of ether oxygens (including phenoxy) is 1. The van der Waals surface area contributed by atoms with E-state index in [0.29, 0.717) is 41.3 Å². The number of H-pyrrole nitrogens is 1. The quantitative estimate of drug-likeness (QED) is 0.213. The molecule has 1 aromatic heterocycles. The topological polar surface area (TPSA) is 156 Å². The molecule has 1 aliphatic rings. The maximum Gasteiger partial charge on any atom is 0.360 e. The van der Waals surface area contributed by atoms with Crippen LogP contribution in [0.25, 0.3) is 0 Å². The summed E-state index contributed by atoms with van der Waals surface area (Å²) in [6.07, 6.45) is 1.38. The Hall–Kier alpha value is -5.32. The minimum absolute atomic E-state index is 0.155. The van der Waals surface area contributed by atoms with Crippen LogP contribution < -0.4 is 15.1 Å². The third-order valence-corrected chi connectivity index (χ3v) is 5.97.